The molecule has 134 valence electrons. The van der Waals surface area contributed by atoms with Crippen LogP contribution in [0.1, 0.15) is 31.1 Å². The summed E-state index contributed by atoms with van der Waals surface area (Å²) in [5.74, 6) is -2.88. The number of imide groups is 1. The number of amides is 2. The molecule has 0 spiro atoms. The summed E-state index contributed by atoms with van der Waals surface area (Å²) in [6, 6.07) is 11.7. The van der Waals surface area contributed by atoms with Gasteiger partial charge in [-0.15, -0.1) is 0 Å². The van der Waals surface area contributed by atoms with Crippen LogP contribution in [0.15, 0.2) is 54.7 Å². The Labute approximate surface area is 152 Å². The molecule has 1 aliphatic rings. The van der Waals surface area contributed by atoms with Crippen molar-refractivity contribution in [3.05, 3.63) is 77.2 Å². The highest BCUT2D eigenvalue weighted by atomic mass is 19.1. The second-order valence-electron chi connectivity index (χ2n) is 5.90. The quantitative estimate of drug-likeness (QED) is 0.667. The Balaban J connectivity index is 1.66. The van der Waals surface area contributed by atoms with Gasteiger partial charge in [0.05, 0.1) is 11.1 Å². The Kier molecular flexibility index (Phi) is 3.80. The van der Waals surface area contributed by atoms with E-state index < -0.39 is 23.6 Å². The maximum absolute atomic E-state index is 13.5. The first-order valence-electron chi connectivity index (χ1n) is 7.95. The first kappa shape index (κ1) is 16.6. The van der Waals surface area contributed by atoms with Crippen LogP contribution in [0.4, 0.5) is 4.39 Å². The van der Waals surface area contributed by atoms with Crippen LogP contribution in [0, 0.1) is 5.82 Å². The summed E-state index contributed by atoms with van der Waals surface area (Å²) in [6.45, 7) is 0. The van der Waals surface area contributed by atoms with Crippen LogP contribution in [-0.4, -0.2) is 32.6 Å². The summed E-state index contributed by atoms with van der Waals surface area (Å²) in [7, 11) is 1.58. The van der Waals surface area contributed by atoms with Crippen LogP contribution in [0.5, 0.6) is 0 Å². The second-order valence-corrected chi connectivity index (χ2v) is 5.90. The number of hydroxylamine groups is 2. The van der Waals surface area contributed by atoms with Crippen LogP contribution in [0.2, 0.25) is 0 Å². The molecule has 2 aromatic carbocycles. The van der Waals surface area contributed by atoms with Crippen molar-refractivity contribution in [1.82, 2.24) is 14.8 Å². The fourth-order valence-electron chi connectivity index (χ4n) is 2.87. The summed E-state index contributed by atoms with van der Waals surface area (Å²) < 4.78 is 14.9. The van der Waals surface area contributed by atoms with E-state index >= 15 is 0 Å². The second kappa shape index (κ2) is 6.17. The van der Waals surface area contributed by atoms with Crippen LogP contribution in [0.25, 0.3) is 11.3 Å². The molecule has 7 nitrogen and oxygen atoms in total. The number of nitrogens with zero attached hydrogens (tertiary/aromatic N) is 3. The molecule has 0 saturated heterocycles. The molecule has 1 aromatic heterocycles. The largest absolute Gasteiger partial charge is 0.367 e. The summed E-state index contributed by atoms with van der Waals surface area (Å²) in [4.78, 5) is 42.4. The maximum atomic E-state index is 13.5. The SMILES string of the molecule is Cn1cc(C(=O)ON2C(=O)c3ccccc3C2=O)c(-c2cccc(F)c2)n1. The van der Waals surface area contributed by atoms with Gasteiger partial charge in [-0.1, -0.05) is 29.3 Å². The van der Waals surface area contributed by atoms with E-state index in [1.165, 1.54) is 41.2 Å². The van der Waals surface area contributed by atoms with Gasteiger partial charge in [0.1, 0.15) is 17.1 Å². The zero-order valence-electron chi connectivity index (χ0n) is 14.0. The standard InChI is InChI=1S/C19H12FN3O4/c1-22-10-15(16(21-22)11-5-4-6-12(20)9-11)19(26)27-23-17(24)13-7-2-3-8-14(13)18(23)25/h2-10H,1H3. The van der Waals surface area contributed by atoms with Gasteiger partial charge in [0, 0.05) is 18.8 Å². The molecule has 0 radical (unpaired) electrons. The van der Waals surface area contributed by atoms with Gasteiger partial charge < -0.3 is 4.84 Å². The highest BCUT2D eigenvalue weighted by Gasteiger charge is 2.39. The highest BCUT2D eigenvalue weighted by Crippen LogP contribution is 2.26. The molecule has 4 rings (SSSR count). The fraction of sp³-hybridized carbons (Fsp3) is 0.0526. The Morgan fingerprint density at radius 1 is 1.04 bits per heavy atom. The Bertz CT molecular complexity index is 1070. The summed E-state index contributed by atoms with van der Waals surface area (Å²) in [5.41, 5.74) is 0.863. The summed E-state index contributed by atoms with van der Waals surface area (Å²) in [5, 5.41) is 4.58. The molecule has 8 heteroatoms. The zero-order chi connectivity index (χ0) is 19.1. The minimum Gasteiger partial charge on any atom is -0.324 e. The van der Waals surface area contributed by atoms with E-state index in [2.05, 4.69) is 5.10 Å². The van der Waals surface area contributed by atoms with Gasteiger partial charge in [-0.05, 0) is 24.3 Å². The third kappa shape index (κ3) is 2.77. The molecule has 3 aromatic rings. The first-order valence-corrected chi connectivity index (χ1v) is 7.95. The number of carbonyl (C=O) groups is 3. The number of fused-ring (bicyclic) bond motifs is 1. The predicted octanol–water partition coefficient (Wildman–Crippen LogP) is 2.59. The van der Waals surface area contributed by atoms with Crippen LogP contribution >= 0.6 is 0 Å². The molecule has 0 N–H and O–H groups in total. The van der Waals surface area contributed by atoms with Crippen molar-refractivity contribution >= 4 is 17.8 Å². The summed E-state index contributed by atoms with van der Waals surface area (Å²) in [6.07, 6.45) is 1.38. The molecular weight excluding hydrogens is 353 g/mol. The Hall–Kier alpha value is -3.81. The lowest BCUT2D eigenvalue weighted by atomic mass is 10.1. The molecule has 0 aliphatic carbocycles. The molecule has 0 fully saturated rings. The van der Waals surface area contributed by atoms with Crippen molar-refractivity contribution in [3.63, 3.8) is 0 Å². The van der Waals surface area contributed by atoms with Crippen molar-refractivity contribution in [2.75, 3.05) is 0 Å². The molecule has 0 bridgehead atoms. The molecule has 0 unspecified atom stereocenters. The number of carbonyl (C=O) groups excluding carboxylic acids is 3. The van der Waals surface area contributed by atoms with Crippen LogP contribution < -0.4 is 0 Å². The monoisotopic (exact) mass is 365 g/mol. The Morgan fingerprint density at radius 3 is 2.33 bits per heavy atom. The molecule has 1 aliphatic heterocycles. The van der Waals surface area contributed by atoms with E-state index in [9.17, 15) is 18.8 Å². The van der Waals surface area contributed by atoms with Gasteiger partial charge in [-0.3, -0.25) is 14.3 Å². The maximum Gasteiger partial charge on any atom is 0.367 e. The summed E-state index contributed by atoms with van der Waals surface area (Å²) >= 11 is 0. The topological polar surface area (TPSA) is 81.5 Å². The fourth-order valence-corrected chi connectivity index (χ4v) is 2.87. The Morgan fingerprint density at radius 2 is 1.70 bits per heavy atom. The number of rotatable bonds is 3. The van der Waals surface area contributed by atoms with Gasteiger partial charge in [-0.25, -0.2) is 9.18 Å². The molecule has 0 atom stereocenters. The lowest BCUT2D eigenvalue weighted by molar-refractivity contribution is -0.0584. The van der Waals surface area contributed by atoms with Crippen molar-refractivity contribution in [1.29, 1.82) is 0 Å². The van der Waals surface area contributed by atoms with Gasteiger partial charge >= 0.3 is 5.97 Å². The molecular formula is C19H12FN3O4. The van der Waals surface area contributed by atoms with Crippen molar-refractivity contribution in [2.24, 2.45) is 7.05 Å². The van der Waals surface area contributed by atoms with Gasteiger partial charge in [0.25, 0.3) is 11.8 Å². The van der Waals surface area contributed by atoms with Crippen LogP contribution in [-0.2, 0) is 11.9 Å². The number of benzene rings is 2. The number of halogens is 1. The minimum absolute atomic E-state index is 0.000318. The van der Waals surface area contributed by atoms with E-state index in [-0.39, 0.29) is 22.4 Å². The minimum atomic E-state index is -0.947. The number of hydrogen-bond acceptors (Lipinski definition) is 5. The third-order valence-electron chi connectivity index (χ3n) is 4.08. The lowest BCUT2D eigenvalue weighted by Gasteiger charge is -2.12. The predicted molar refractivity (Wildman–Crippen MR) is 91.0 cm³/mol. The molecule has 27 heavy (non-hydrogen) atoms. The zero-order valence-corrected chi connectivity index (χ0v) is 14.0. The molecule has 0 saturated carbocycles. The van der Waals surface area contributed by atoms with Gasteiger partial charge in [0.15, 0.2) is 0 Å². The number of hydrogen-bond donors (Lipinski definition) is 0. The van der Waals surface area contributed by atoms with Crippen LogP contribution in [0.3, 0.4) is 0 Å². The van der Waals surface area contributed by atoms with Crippen molar-refractivity contribution in [2.45, 2.75) is 0 Å². The normalized spacial score (nSPS) is 13.0. The van der Waals surface area contributed by atoms with E-state index in [1.807, 2.05) is 0 Å². The first-order chi connectivity index (χ1) is 13.0. The van der Waals surface area contributed by atoms with E-state index in [0.717, 1.165) is 0 Å². The average molecular weight is 365 g/mol. The average Bonchev–Trinajstić information content (AvgIpc) is 3.16. The van der Waals surface area contributed by atoms with Crippen molar-refractivity contribution in [3.8, 4) is 11.3 Å². The van der Waals surface area contributed by atoms with E-state index in [4.69, 9.17) is 4.84 Å². The lowest BCUT2D eigenvalue weighted by Crippen LogP contribution is -2.32. The molecule has 2 heterocycles. The molecule has 2 amide bonds. The highest BCUT2D eigenvalue weighted by molar-refractivity contribution is 6.21. The van der Waals surface area contributed by atoms with E-state index in [0.29, 0.717) is 10.6 Å². The van der Waals surface area contributed by atoms with Gasteiger partial charge in [-0.2, -0.15) is 5.10 Å². The van der Waals surface area contributed by atoms with Crippen molar-refractivity contribution < 1.29 is 23.6 Å². The third-order valence-corrected chi connectivity index (χ3v) is 4.08. The van der Waals surface area contributed by atoms with Gasteiger partial charge in [0.2, 0.25) is 0 Å². The number of aryl methyl sites for hydroxylation is 1. The smallest absolute Gasteiger partial charge is 0.324 e. The number of aromatic nitrogens is 2. The van der Waals surface area contributed by atoms with E-state index in [1.54, 1.807) is 25.2 Å².